The number of hydrogen-bond acceptors (Lipinski definition) is 8. The van der Waals surface area contributed by atoms with Gasteiger partial charge in [0.25, 0.3) is 0 Å². The van der Waals surface area contributed by atoms with Crippen molar-refractivity contribution < 1.29 is 33.0 Å². The molecule has 9 heteroatoms. The number of allylic oxidation sites excluding steroid dienone is 1. The molecule has 0 amide bonds. The van der Waals surface area contributed by atoms with Crippen molar-refractivity contribution in [2.75, 3.05) is 45.3 Å². The van der Waals surface area contributed by atoms with E-state index in [4.69, 9.17) is 18.6 Å². The Hall–Kier alpha value is -6.22. The summed E-state index contributed by atoms with van der Waals surface area (Å²) in [5.74, 6) is 0.621. The summed E-state index contributed by atoms with van der Waals surface area (Å²) in [5.41, 5.74) is 7.59. The van der Waals surface area contributed by atoms with Gasteiger partial charge >= 0.3 is 11.9 Å². The molecule has 0 saturated heterocycles. The van der Waals surface area contributed by atoms with Crippen molar-refractivity contribution in [1.82, 2.24) is 4.58 Å². The van der Waals surface area contributed by atoms with Gasteiger partial charge in [-0.1, -0.05) is 36.4 Å². The fraction of sp³-hybridized carbons (Fsp3) is 0.277. The molecule has 56 heavy (non-hydrogen) atoms. The molecule has 4 aliphatic rings. The molecule has 0 radical (unpaired) electrons. The zero-order valence-corrected chi connectivity index (χ0v) is 33.0. The molecule has 0 spiro atoms. The van der Waals surface area contributed by atoms with Crippen LogP contribution in [-0.4, -0.2) is 58.1 Å². The van der Waals surface area contributed by atoms with Gasteiger partial charge in [-0.25, -0.2) is 14.2 Å². The van der Waals surface area contributed by atoms with E-state index in [9.17, 15) is 14.4 Å². The summed E-state index contributed by atoms with van der Waals surface area (Å²) < 4.78 is 26.7. The SMILES string of the molecule is CCN(CC)c1ccc2c(c1)OC1=Cc3oc4cc(=[N+](CC)CC)ccc-4c(-c4ccccc4C(=O)OC)c3C(CC(C)=O)C1=C2c1ccccc1C(=O)OC. The minimum Gasteiger partial charge on any atom is -0.465 e. The normalized spacial score (nSPS) is 14.2. The number of esters is 2. The third kappa shape index (κ3) is 6.61. The molecule has 286 valence electrons. The van der Waals surface area contributed by atoms with E-state index in [1.54, 1.807) is 19.1 Å². The van der Waals surface area contributed by atoms with Gasteiger partial charge in [0.2, 0.25) is 5.36 Å². The van der Waals surface area contributed by atoms with Crippen molar-refractivity contribution in [3.05, 3.63) is 135 Å². The summed E-state index contributed by atoms with van der Waals surface area (Å²) in [6.45, 7) is 13.3. The van der Waals surface area contributed by atoms with Gasteiger partial charge in [-0.05, 0) is 76.1 Å². The Labute approximate surface area is 327 Å². The highest BCUT2D eigenvalue weighted by Crippen LogP contribution is 2.55. The van der Waals surface area contributed by atoms with E-state index in [1.165, 1.54) is 14.2 Å². The van der Waals surface area contributed by atoms with E-state index in [0.29, 0.717) is 45.3 Å². The summed E-state index contributed by atoms with van der Waals surface area (Å²) >= 11 is 0. The van der Waals surface area contributed by atoms with Gasteiger partial charge in [0.15, 0.2) is 0 Å². The van der Waals surface area contributed by atoms with Crippen LogP contribution in [-0.2, 0) is 14.3 Å². The van der Waals surface area contributed by atoms with Crippen LogP contribution >= 0.6 is 0 Å². The van der Waals surface area contributed by atoms with Crippen molar-refractivity contribution in [2.45, 2.75) is 47.0 Å². The standard InChI is InChI=1S/C47H47N2O7/c1-8-48(9-2)29-20-22-35-38(25-29)55-40-27-41-45(37(24-28(5)50)44(40)42(35)31-16-12-14-18-33(31)46(51)53-6)43(32-17-13-15-19-34(32)47(52)54-7)36-23-21-30(26-39(36)56-41)49(10-3)11-4/h12-23,25-27,37H,8-11,24H2,1-7H3/q+1. The Bertz CT molecular complexity index is 2480. The van der Waals surface area contributed by atoms with Crippen molar-refractivity contribution in [1.29, 1.82) is 0 Å². The third-order valence-corrected chi connectivity index (χ3v) is 10.9. The number of carbonyl (C=O) groups excluding carboxylic acids is 3. The number of ketones is 1. The molecule has 2 aliphatic heterocycles. The van der Waals surface area contributed by atoms with Crippen LogP contribution in [0.15, 0.2) is 101 Å². The highest BCUT2D eigenvalue weighted by molar-refractivity contribution is 6.04. The van der Waals surface area contributed by atoms with E-state index < -0.39 is 17.9 Å². The second kappa shape index (κ2) is 15.9. The summed E-state index contributed by atoms with van der Waals surface area (Å²) in [4.78, 5) is 42.7. The fourth-order valence-corrected chi connectivity index (χ4v) is 8.28. The Balaban J connectivity index is 1.66. The molecule has 7 rings (SSSR count). The smallest absolute Gasteiger partial charge is 0.338 e. The zero-order chi connectivity index (χ0) is 39.7. The minimum atomic E-state index is -0.616. The first kappa shape index (κ1) is 38.1. The highest BCUT2D eigenvalue weighted by atomic mass is 16.5. The monoisotopic (exact) mass is 751 g/mol. The largest absolute Gasteiger partial charge is 0.465 e. The predicted molar refractivity (Wildman–Crippen MR) is 219 cm³/mol. The van der Waals surface area contributed by atoms with Gasteiger partial charge in [0.05, 0.1) is 31.4 Å². The average Bonchev–Trinajstić information content (AvgIpc) is 3.22. The fourth-order valence-electron chi connectivity index (χ4n) is 8.28. The molecule has 2 aliphatic carbocycles. The van der Waals surface area contributed by atoms with Crippen LogP contribution in [0, 0.1) is 0 Å². The van der Waals surface area contributed by atoms with Gasteiger partial charge in [0.1, 0.15) is 41.9 Å². The van der Waals surface area contributed by atoms with Crippen LogP contribution in [0.5, 0.6) is 5.75 Å². The van der Waals surface area contributed by atoms with Gasteiger partial charge in [-0.3, -0.25) is 4.79 Å². The van der Waals surface area contributed by atoms with E-state index in [0.717, 1.165) is 70.6 Å². The van der Waals surface area contributed by atoms with Crippen molar-refractivity contribution >= 4 is 35.1 Å². The Kier molecular flexibility index (Phi) is 10.8. The quantitative estimate of drug-likeness (QED) is 0.0978. The van der Waals surface area contributed by atoms with Crippen LogP contribution in [0.1, 0.15) is 90.1 Å². The van der Waals surface area contributed by atoms with E-state index in [-0.39, 0.29) is 12.2 Å². The lowest BCUT2D eigenvalue weighted by molar-refractivity contribution is -0.117. The molecule has 3 aromatic rings. The molecule has 0 fully saturated rings. The lowest BCUT2D eigenvalue weighted by Crippen LogP contribution is -2.29. The molecular formula is C47H47N2O7+. The van der Waals surface area contributed by atoms with Crippen LogP contribution in [0.3, 0.4) is 0 Å². The molecule has 0 aromatic heterocycles. The van der Waals surface area contributed by atoms with Crippen molar-refractivity contribution in [3.63, 3.8) is 0 Å². The molecule has 0 N–H and O–H groups in total. The molecule has 0 saturated carbocycles. The van der Waals surface area contributed by atoms with Crippen molar-refractivity contribution in [3.8, 4) is 28.2 Å². The number of Topliss-reactive ketones (excluding diaryl/α,β-unsaturated/α-hetero) is 1. The first-order valence-corrected chi connectivity index (χ1v) is 19.2. The van der Waals surface area contributed by atoms with Gasteiger partial charge < -0.3 is 23.5 Å². The summed E-state index contributed by atoms with van der Waals surface area (Å²) in [7, 11) is 2.74. The number of benzene rings is 4. The Morgan fingerprint density at radius 3 is 2.00 bits per heavy atom. The molecule has 2 heterocycles. The zero-order valence-electron chi connectivity index (χ0n) is 33.0. The van der Waals surface area contributed by atoms with Crippen LogP contribution in [0.2, 0.25) is 0 Å². The lowest BCUT2D eigenvalue weighted by atomic mass is 9.72. The number of nitrogens with zero attached hydrogens (tertiary/aromatic N) is 2. The maximum atomic E-state index is 13.5. The van der Waals surface area contributed by atoms with Crippen LogP contribution in [0.25, 0.3) is 34.1 Å². The van der Waals surface area contributed by atoms with Crippen LogP contribution < -0.4 is 19.6 Å². The minimum absolute atomic E-state index is 0.0536. The summed E-state index contributed by atoms with van der Waals surface area (Å²) in [6.07, 6.45) is 1.98. The number of anilines is 1. The second-order valence-corrected chi connectivity index (χ2v) is 13.9. The predicted octanol–water partition coefficient (Wildman–Crippen LogP) is 8.59. The summed E-state index contributed by atoms with van der Waals surface area (Å²) in [5, 5.41) is 0.996. The first-order valence-electron chi connectivity index (χ1n) is 19.2. The Morgan fingerprint density at radius 1 is 0.750 bits per heavy atom. The number of methoxy groups -OCH3 is 2. The maximum absolute atomic E-state index is 13.5. The number of carbonyl (C=O) groups is 3. The number of hydrogen-bond donors (Lipinski definition) is 0. The number of fused-ring (bicyclic) bond motifs is 4. The first-order chi connectivity index (χ1) is 27.2. The van der Waals surface area contributed by atoms with E-state index in [2.05, 4.69) is 49.3 Å². The molecule has 1 unspecified atom stereocenters. The molecular weight excluding hydrogens is 705 g/mol. The number of rotatable bonds is 11. The summed E-state index contributed by atoms with van der Waals surface area (Å²) in [6, 6.07) is 27.0. The van der Waals surface area contributed by atoms with E-state index >= 15 is 0 Å². The number of ether oxygens (including phenoxy) is 3. The van der Waals surface area contributed by atoms with Crippen LogP contribution in [0.4, 0.5) is 5.69 Å². The van der Waals surface area contributed by atoms with Crippen molar-refractivity contribution in [2.24, 2.45) is 0 Å². The second-order valence-electron chi connectivity index (χ2n) is 13.9. The lowest BCUT2D eigenvalue weighted by Gasteiger charge is -2.36. The Morgan fingerprint density at radius 2 is 1.38 bits per heavy atom. The van der Waals surface area contributed by atoms with E-state index in [1.807, 2.05) is 66.7 Å². The molecule has 0 bridgehead atoms. The molecule has 3 aromatic carbocycles. The van der Waals surface area contributed by atoms with Gasteiger partial charge in [0, 0.05) is 82.7 Å². The highest BCUT2D eigenvalue weighted by Gasteiger charge is 2.41. The molecule has 1 atom stereocenters. The molecule has 9 nitrogen and oxygen atoms in total. The third-order valence-electron chi connectivity index (χ3n) is 10.9. The average molecular weight is 752 g/mol. The van der Waals surface area contributed by atoms with Gasteiger partial charge in [-0.2, -0.15) is 0 Å². The van der Waals surface area contributed by atoms with Gasteiger partial charge in [-0.15, -0.1) is 0 Å². The topological polar surface area (TPSA) is 98.3 Å². The maximum Gasteiger partial charge on any atom is 0.338 e.